The molecule has 69 valence electrons. The predicted molar refractivity (Wildman–Crippen MR) is 47.4 cm³/mol. The van der Waals surface area contributed by atoms with E-state index in [1.54, 1.807) is 0 Å². The van der Waals surface area contributed by atoms with Gasteiger partial charge in [-0.05, 0) is 12.1 Å². The van der Waals surface area contributed by atoms with Gasteiger partial charge in [-0.2, -0.15) is 0 Å². The van der Waals surface area contributed by atoms with Crippen LogP contribution in [0.5, 0.6) is 0 Å². The number of rotatable bonds is 2. The van der Waals surface area contributed by atoms with Crippen molar-refractivity contribution >= 4 is 24.2 Å². The van der Waals surface area contributed by atoms with Gasteiger partial charge in [-0.3, -0.25) is 4.79 Å². The number of carbonyl (C=O) groups is 1. The van der Waals surface area contributed by atoms with Gasteiger partial charge in [0.1, 0.15) is 11.6 Å². The third-order valence-corrected chi connectivity index (χ3v) is 1.60. The number of carbonyl (C=O) groups excluding carboxylic acids is 1. The van der Waals surface area contributed by atoms with Crippen LogP contribution in [0.4, 0.5) is 14.5 Å². The lowest BCUT2D eigenvalue weighted by molar-refractivity contribution is -0.113. The molecule has 0 aromatic heterocycles. The topological polar surface area (TPSA) is 29.1 Å². The van der Waals surface area contributed by atoms with E-state index in [9.17, 15) is 13.6 Å². The summed E-state index contributed by atoms with van der Waals surface area (Å²) in [4.78, 5) is 10.7. The van der Waals surface area contributed by atoms with Gasteiger partial charge in [-0.1, -0.05) is 12.6 Å². The van der Waals surface area contributed by atoms with Gasteiger partial charge < -0.3 is 5.32 Å². The summed E-state index contributed by atoms with van der Waals surface area (Å²) in [5.74, 6) is -2.14. The highest BCUT2D eigenvalue weighted by atomic mass is 32.1. The van der Waals surface area contributed by atoms with E-state index >= 15 is 0 Å². The summed E-state index contributed by atoms with van der Waals surface area (Å²) in [6, 6.07) is 2.90. The number of anilines is 1. The maximum atomic E-state index is 12.9. The lowest BCUT2D eigenvalue weighted by Crippen LogP contribution is -2.13. The van der Waals surface area contributed by atoms with E-state index in [0.717, 1.165) is 12.1 Å². The molecule has 13 heavy (non-hydrogen) atoms. The average molecular weight is 202 g/mol. The van der Waals surface area contributed by atoms with Gasteiger partial charge >= 0.3 is 0 Å². The van der Waals surface area contributed by atoms with E-state index in [1.165, 1.54) is 0 Å². The number of halogens is 2. The molecule has 0 aliphatic carbocycles. The molecule has 1 aromatic rings. The van der Waals surface area contributed by atoms with E-state index in [0.29, 0.717) is 6.07 Å². The largest absolute Gasteiger partial charge is 0.323 e. The smallest absolute Gasteiger partial charge is 0.235 e. The summed E-state index contributed by atoms with van der Waals surface area (Å²) < 4.78 is 25.3. The maximum absolute atomic E-state index is 12.9. The highest BCUT2D eigenvalue weighted by Crippen LogP contribution is 2.14. The fourth-order valence-corrected chi connectivity index (χ4v) is 0.849. The Balaban J connectivity index is 2.83. The summed E-state index contributed by atoms with van der Waals surface area (Å²) in [7, 11) is 0. The first kappa shape index (κ1) is 9.98. The summed E-state index contributed by atoms with van der Waals surface area (Å²) >= 11 is 4.43. The Morgan fingerprint density at radius 1 is 1.46 bits per heavy atom. The van der Waals surface area contributed by atoms with Crippen molar-refractivity contribution in [2.45, 2.75) is 0 Å². The van der Waals surface area contributed by atoms with Crippen LogP contribution in [0.2, 0.25) is 0 Å². The minimum absolute atomic E-state index is 0.0590. The SMILES string of the molecule is O=C(C[S])Nc1ccc(F)cc1F. The number of amides is 1. The van der Waals surface area contributed by atoms with E-state index in [1.807, 2.05) is 0 Å². The Morgan fingerprint density at radius 2 is 2.15 bits per heavy atom. The third kappa shape index (κ3) is 2.69. The van der Waals surface area contributed by atoms with Crippen LogP contribution in [-0.4, -0.2) is 11.7 Å². The summed E-state index contributed by atoms with van der Waals surface area (Å²) in [5, 5.41) is 2.20. The standard InChI is InChI=1S/C8H6F2NOS/c9-5-1-2-7(6(10)3-5)11-8(12)4-13/h1-3H,4H2,(H,11,12). The van der Waals surface area contributed by atoms with Gasteiger partial charge in [0.2, 0.25) is 5.91 Å². The van der Waals surface area contributed by atoms with Crippen molar-refractivity contribution in [3.05, 3.63) is 29.8 Å². The van der Waals surface area contributed by atoms with Crippen LogP contribution in [0.3, 0.4) is 0 Å². The monoisotopic (exact) mass is 202 g/mol. The van der Waals surface area contributed by atoms with E-state index < -0.39 is 17.5 Å². The Hall–Kier alpha value is -1.10. The molecule has 0 spiro atoms. The number of hydrogen-bond donors (Lipinski definition) is 1. The molecule has 0 atom stereocenters. The van der Waals surface area contributed by atoms with Crippen LogP contribution in [0, 0.1) is 11.6 Å². The lowest BCUT2D eigenvalue weighted by Gasteiger charge is -2.03. The fourth-order valence-electron chi connectivity index (χ4n) is 0.777. The van der Waals surface area contributed by atoms with Gasteiger partial charge in [0.15, 0.2) is 0 Å². The Bertz CT molecular complexity index is 330. The second kappa shape index (κ2) is 4.23. The molecule has 0 aliphatic heterocycles. The second-order valence-corrected chi connectivity index (χ2v) is 2.61. The van der Waals surface area contributed by atoms with Crippen LogP contribution in [0.1, 0.15) is 0 Å². The highest BCUT2D eigenvalue weighted by Gasteiger charge is 2.05. The minimum atomic E-state index is -0.809. The molecule has 1 N–H and O–H groups in total. The van der Waals surface area contributed by atoms with Gasteiger partial charge in [0.25, 0.3) is 0 Å². The zero-order chi connectivity index (χ0) is 9.84. The quantitative estimate of drug-likeness (QED) is 0.781. The van der Waals surface area contributed by atoms with Crippen molar-refractivity contribution in [2.75, 3.05) is 11.1 Å². The zero-order valence-corrected chi connectivity index (χ0v) is 7.33. The molecule has 1 rings (SSSR count). The first-order valence-corrected chi connectivity index (χ1v) is 4.04. The van der Waals surface area contributed by atoms with Gasteiger partial charge in [0.05, 0.1) is 11.4 Å². The average Bonchev–Trinajstić information content (AvgIpc) is 2.09. The number of nitrogens with one attached hydrogen (secondary N) is 1. The Morgan fingerprint density at radius 3 is 2.69 bits per heavy atom. The second-order valence-electron chi connectivity index (χ2n) is 2.32. The number of benzene rings is 1. The predicted octanol–water partition coefficient (Wildman–Crippen LogP) is 2.10. The Kier molecular flexibility index (Phi) is 3.25. The summed E-state index contributed by atoms with van der Waals surface area (Å²) in [6.45, 7) is 0. The molecule has 0 heterocycles. The van der Waals surface area contributed by atoms with Crippen LogP contribution in [-0.2, 0) is 4.79 Å². The van der Waals surface area contributed by atoms with E-state index in [4.69, 9.17) is 0 Å². The zero-order valence-electron chi connectivity index (χ0n) is 6.51. The molecule has 5 heteroatoms. The van der Waals surface area contributed by atoms with E-state index in [2.05, 4.69) is 17.9 Å². The normalized spacial score (nSPS) is 9.77. The van der Waals surface area contributed by atoms with Crippen molar-refractivity contribution in [3.63, 3.8) is 0 Å². The minimum Gasteiger partial charge on any atom is -0.323 e. The molecule has 0 unspecified atom stereocenters. The van der Waals surface area contributed by atoms with Gasteiger partial charge in [-0.15, -0.1) is 0 Å². The number of hydrogen-bond acceptors (Lipinski definition) is 1. The van der Waals surface area contributed by atoms with Crippen molar-refractivity contribution < 1.29 is 13.6 Å². The molecular weight excluding hydrogens is 196 g/mol. The highest BCUT2D eigenvalue weighted by molar-refractivity contribution is 7.81. The van der Waals surface area contributed by atoms with E-state index in [-0.39, 0.29) is 11.4 Å². The van der Waals surface area contributed by atoms with Crippen molar-refractivity contribution in [1.29, 1.82) is 0 Å². The maximum Gasteiger partial charge on any atom is 0.235 e. The molecule has 0 fully saturated rings. The van der Waals surface area contributed by atoms with Gasteiger partial charge in [0, 0.05) is 6.07 Å². The molecular formula is C8H6F2NOS. The fraction of sp³-hybridized carbons (Fsp3) is 0.125. The molecule has 1 aromatic carbocycles. The molecule has 1 radical (unpaired) electrons. The lowest BCUT2D eigenvalue weighted by atomic mass is 10.3. The summed E-state index contributed by atoms with van der Waals surface area (Å²) in [6.07, 6.45) is 0. The van der Waals surface area contributed by atoms with Gasteiger partial charge in [-0.25, -0.2) is 8.78 Å². The van der Waals surface area contributed by atoms with Crippen LogP contribution >= 0.6 is 12.6 Å². The summed E-state index contributed by atoms with van der Waals surface area (Å²) in [5.41, 5.74) is -0.0590. The van der Waals surface area contributed by atoms with Crippen molar-refractivity contribution in [2.24, 2.45) is 0 Å². The molecule has 0 saturated carbocycles. The molecule has 0 aliphatic rings. The molecule has 2 nitrogen and oxygen atoms in total. The third-order valence-electron chi connectivity index (χ3n) is 1.34. The Labute approximate surface area is 79.4 Å². The first-order chi connectivity index (χ1) is 6.13. The van der Waals surface area contributed by atoms with Crippen LogP contribution < -0.4 is 5.32 Å². The first-order valence-electron chi connectivity index (χ1n) is 3.46. The van der Waals surface area contributed by atoms with Crippen molar-refractivity contribution in [1.82, 2.24) is 0 Å². The van der Waals surface area contributed by atoms with Crippen LogP contribution in [0.25, 0.3) is 0 Å². The van der Waals surface area contributed by atoms with Crippen LogP contribution in [0.15, 0.2) is 18.2 Å². The molecule has 0 saturated heterocycles. The van der Waals surface area contributed by atoms with Crippen molar-refractivity contribution in [3.8, 4) is 0 Å². The molecule has 1 amide bonds. The molecule has 0 bridgehead atoms.